The minimum Gasteiger partial charge on any atom is -0.364 e. The number of fused-ring (bicyclic) bond motifs is 1. The van der Waals surface area contributed by atoms with Gasteiger partial charge in [-0.2, -0.15) is 0 Å². The Morgan fingerprint density at radius 3 is 3.07 bits per heavy atom. The fourth-order valence-electron chi connectivity index (χ4n) is 1.36. The summed E-state index contributed by atoms with van der Waals surface area (Å²) in [7, 11) is 4.28. The van der Waals surface area contributed by atoms with E-state index in [9.17, 15) is 0 Å². The van der Waals surface area contributed by atoms with Crippen LogP contribution in [0.1, 0.15) is 0 Å². The molecule has 80 valence electrons. The van der Waals surface area contributed by atoms with Gasteiger partial charge in [0.2, 0.25) is 0 Å². The number of nitrogens with zero attached hydrogens (tertiary/aromatic N) is 2. The second kappa shape index (κ2) is 4.55. The highest BCUT2D eigenvalue weighted by atomic mass is 32.1. The van der Waals surface area contributed by atoms with Crippen molar-refractivity contribution in [1.82, 2.24) is 9.97 Å². The molecule has 0 saturated carbocycles. The third kappa shape index (κ3) is 2.43. The molecule has 0 aliphatic carbocycles. The number of likely N-dealkylation sites (N-methyl/N-ethyl adjacent to an activating group) is 1. The molecule has 0 saturated heterocycles. The number of rotatable bonds is 4. The Morgan fingerprint density at radius 2 is 2.27 bits per heavy atom. The van der Waals surface area contributed by atoms with Gasteiger partial charge < -0.3 is 10.2 Å². The standard InChI is InChI=1S/C10H14N4S/c1-14(2)5-4-11-9-8-3-6-15-10(8)13-7-12-9/h3,6-7H,4-5H2,1-2H3,(H,11,12,13)/p+1. The van der Waals surface area contributed by atoms with E-state index in [0.29, 0.717) is 0 Å². The lowest BCUT2D eigenvalue weighted by Gasteiger charge is -2.09. The average molecular weight is 223 g/mol. The van der Waals surface area contributed by atoms with Crippen LogP contribution in [0.15, 0.2) is 17.8 Å². The molecule has 2 heterocycles. The fraction of sp³-hybridized carbons (Fsp3) is 0.400. The molecule has 0 spiro atoms. The summed E-state index contributed by atoms with van der Waals surface area (Å²) < 4.78 is 0. The summed E-state index contributed by atoms with van der Waals surface area (Å²) in [6, 6.07) is 2.06. The number of aromatic nitrogens is 2. The highest BCUT2D eigenvalue weighted by molar-refractivity contribution is 7.16. The van der Waals surface area contributed by atoms with Crippen LogP contribution in [0, 0.1) is 0 Å². The van der Waals surface area contributed by atoms with Gasteiger partial charge >= 0.3 is 0 Å². The summed E-state index contributed by atoms with van der Waals surface area (Å²) in [6.07, 6.45) is 1.61. The molecule has 0 aliphatic rings. The monoisotopic (exact) mass is 223 g/mol. The predicted octanol–water partition coefficient (Wildman–Crippen LogP) is 0.248. The topological polar surface area (TPSA) is 42.2 Å². The normalized spacial score (nSPS) is 11.1. The lowest BCUT2D eigenvalue weighted by molar-refractivity contribution is -0.856. The first-order valence-corrected chi connectivity index (χ1v) is 5.86. The number of hydrogen-bond acceptors (Lipinski definition) is 4. The van der Waals surface area contributed by atoms with Gasteiger partial charge in [0.05, 0.1) is 32.6 Å². The van der Waals surface area contributed by atoms with Gasteiger partial charge in [-0.25, -0.2) is 9.97 Å². The van der Waals surface area contributed by atoms with E-state index in [-0.39, 0.29) is 0 Å². The van der Waals surface area contributed by atoms with Crippen LogP contribution in [0.3, 0.4) is 0 Å². The molecule has 0 fully saturated rings. The third-order valence-electron chi connectivity index (χ3n) is 2.18. The number of thiophene rings is 1. The van der Waals surface area contributed by atoms with Crippen LogP contribution >= 0.6 is 11.3 Å². The zero-order valence-corrected chi connectivity index (χ0v) is 9.77. The van der Waals surface area contributed by atoms with Crippen molar-refractivity contribution in [1.29, 1.82) is 0 Å². The Hall–Kier alpha value is -1.20. The quantitative estimate of drug-likeness (QED) is 0.780. The Kier molecular flexibility index (Phi) is 3.13. The smallest absolute Gasteiger partial charge is 0.138 e. The van der Waals surface area contributed by atoms with Gasteiger partial charge in [0.1, 0.15) is 17.0 Å². The molecule has 2 N–H and O–H groups in total. The lowest BCUT2D eigenvalue weighted by Crippen LogP contribution is -3.06. The summed E-state index contributed by atoms with van der Waals surface area (Å²) in [4.78, 5) is 10.9. The molecule has 2 aromatic rings. The minimum absolute atomic E-state index is 0.935. The number of hydrogen-bond donors (Lipinski definition) is 2. The molecule has 0 radical (unpaired) electrons. The van der Waals surface area contributed by atoms with Crippen molar-refractivity contribution >= 4 is 27.4 Å². The molecule has 4 nitrogen and oxygen atoms in total. The van der Waals surface area contributed by atoms with Gasteiger partial charge in [-0.15, -0.1) is 11.3 Å². The van der Waals surface area contributed by atoms with Crippen molar-refractivity contribution in [2.45, 2.75) is 0 Å². The molecule has 0 bridgehead atoms. The summed E-state index contributed by atoms with van der Waals surface area (Å²) in [6.45, 7) is 2.01. The molecule has 0 aromatic carbocycles. The SMILES string of the molecule is C[NH+](C)CCNc1ncnc2sccc12. The van der Waals surface area contributed by atoms with E-state index in [2.05, 4.69) is 35.4 Å². The van der Waals surface area contributed by atoms with Gasteiger partial charge in [-0.1, -0.05) is 0 Å². The Balaban J connectivity index is 2.10. The van der Waals surface area contributed by atoms with Gasteiger partial charge in [-0.05, 0) is 11.4 Å². The van der Waals surface area contributed by atoms with Gasteiger partial charge in [0.25, 0.3) is 0 Å². The second-order valence-corrected chi connectivity index (χ2v) is 4.64. The van der Waals surface area contributed by atoms with Crippen LogP contribution in [-0.2, 0) is 0 Å². The van der Waals surface area contributed by atoms with Crippen molar-refractivity contribution in [3.05, 3.63) is 17.8 Å². The Bertz CT molecular complexity index is 438. The largest absolute Gasteiger partial charge is 0.364 e. The summed E-state index contributed by atoms with van der Waals surface area (Å²) in [5.74, 6) is 0.947. The molecule has 0 atom stereocenters. The third-order valence-corrected chi connectivity index (χ3v) is 3.00. The van der Waals surface area contributed by atoms with Crippen LogP contribution in [0.25, 0.3) is 10.2 Å². The van der Waals surface area contributed by atoms with E-state index in [4.69, 9.17) is 0 Å². The first-order chi connectivity index (χ1) is 7.27. The van der Waals surface area contributed by atoms with E-state index in [0.717, 1.165) is 29.1 Å². The van der Waals surface area contributed by atoms with Crippen molar-refractivity contribution in [2.24, 2.45) is 0 Å². The fourth-order valence-corrected chi connectivity index (χ4v) is 2.09. The molecular formula is C10H15N4S+. The molecule has 15 heavy (non-hydrogen) atoms. The molecule has 2 aromatic heterocycles. The first kappa shape index (κ1) is 10.3. The highest BCUT2D eigenvalue weighted by Crippen LogP contribution is 2.23. The van der Waals surface area contributed by atoms with Gasteiger partial charge in [0.15, 0.2) is 0 Å². The zero-order valence-electron chi connectivity index (χ0n) is 8.95. The Morgan fingerprint density at radius 1 is 1.40 bits per heavy atom. The number of nitrogens with one attached hydrogen (secondary N) is 2. The maximum atomic E-state index is 4.25. The van der Waals surface area contributed by atoms with Crippen LogP contribution in [0.5, 0.6) is 0 Å². The van der Waals surface area contributed by atoms with Gasteiger partial charge in [0, 0.05) is 0 Å². The van der Waals surface area contributed by atoms with Crippen molar-refractivity contribution in [2.75, 3.05) is 32.5 Å². The van der Waals surface area contributed by atoms with Gasteiger partial charge in [-0.3, -0.25) is 0 Å². The Labute approximate surface area is 93.0 Å². The van der Waals surface area contributed by atoms with E-state index in [1.165, 1.54) is 4.90 Å². The molecule has 0 amide bonds. The molecular weight excluding hydrogens is 208 g/mol. The average Bonchev–Trinajstić information content (AvgIpc) is 2.65. The number of anilines is 1. The van der Waals surface area contributed by atoms with Crippen LogP contribution in [-0.4, -0.2) is 37.2 Å². The summed E-state index contributed by atoms with van der Waals surface area (Å²) >= 11 is 1.64. The van der Waals surface area contributed by atoms with E-state index in [1.807, 2.05) is 5.38 Å². The van der Waals surface area contributed by atoms with E-state index >= 15 is 0 Å². The van der Waals surface area contributed by atoms with E-state index < -0.39 is 0 Å². The van der Waals surface area contributed by atoms with Crippen molar-refractivity contribution in [3.8, 4) is 0 Å². The van der Waals surface area contributed by atoms with Crippen molar-refractivity contribution < 1.29 is 4.90 Å². The minimum atomic E-state index is 0.935. The molecule has 0 unspecified atom stereocenters. The highest BCUT2D eigenvalue weighted by Gasteiger charge is 2.03. The van der Waals surface area contributed by atoms with Crippen molar-refractivity contribution in [3.63, 3.8) is 0 Å². The van der Waals surface area contributed by atoms with Crippen LogP contribution in [0.2, 0.25) is 0 Å². The van der Waals surface area contributed by atoms with Crippen LogP contribution in [0.4, 0.5) is 5.82 Å². The molecule has 2 rings (SSSR count). The predicted molar refractivity (Wildman–Crippen MR) is 63.6 cm³/mol. The summed E-state index contributed by atoms with van der Waals surface area (Å²) in [5, 5.41) is 6.50. The second-order valence-electron chi connectivity index (χ2n) is 3.75. The van der Waals surface area contributed by atoms with Crippen LogP contribution < -0.4 is 10.2 Å². The lowest BCUT2D eigenvalue weighted by atomic mass is 10.4. The zero-order chi connectivity index (χ0) is 10.7. The molecule has 0 aliphatic heterocycles. The summed E-state index contributed by atoms with van der Waals surface area (Å²) in [5.41, 5.74) is 0. The maximum absolute atomic E-state index is 4.25. The maximum Gasteiger partial charge on any atom is 0.138 e. The number of quaternary nitrogens is 1. The van der Waals surface area contributed by atoms with E-state index in [1.54, 1.807) is 17.7 Å². The first-order valence-electron chi connectivity index (χ1n) is 4.98. The molecule has 5 heteroatoms.